The van der Waals surface area contributed by atoms with Gasteiger partial charge in [0.1, 0.15) is 5.82 Å². The van der Waals surface area contributed by atoms with Crippen LogP contribution in [-0.2, 0) is 0 Å². The summed E-state index contributed by atoms with van der Waals surface area (Å²) in [5, 5.41) is 0. The number of hydrazine groups is 2. The van der Waals surface area contributed by atoms with Crippen molar-refractivity contribution in [2.75, 3.05) is 0 Å². The van der Waals surface area contributed by atoms with Gasteiger partial charge in [0, 0.05) is 13.2 Å². The number of nitrogens with one attached hydrogen (secondary N) is 3. The second-order valence-corrected chi connectivity index (χ2v) is 2.89. The molecule has 1 aromatic rings. The van der Waals surface area contributed by atoms with E-state index in [1.54, 1.807) is 25.3 Å². The topological polar surface area (TPSA) is 36.1 Å². The summed E-state index contributed by atoms with van der Waals surface area (Å²) >= 11 is 0. The van der Waals surface area contributed by atoms with Gasteiger partial charge in [0.05, 0.1) is 5.70 Å². The van der Waals surface area contributed by atoms with E-state index in [-0.39, 0.29) is 7.24 Å². The van der Waals surface area contributed by atoms with Crippen molar-refractivity contribution in [2.45, 2.75) is 6.92 Å². The van der Waals surface area contributed by atoms with Crippen LogP contribution in [0.2, 0.25) is 0 Å². The van der Waals surface area contributed by atoms with E-state index in [9.17, 15) is 4.39 Å². The van der Waals surface area contributed by atoms with Gasteiger partial charge in [0.2, 0.25) is 0 Å². The van der Waals surface area contributed by atoms with Crippen LogP contribution in [0.25, 0.3) is 5.70 Å². The molecular formula is C9H12FN3. The van der Waals surface area contributed by atoms with Gasteiger partial charge in [-0.1, -0.05) is 12.1 Å². The summed E-state index contributed by atoms with van der Waals surface area (Å²) in [6.45, 7) is 1.75. The highest BCUT2D eigenvalue weighted by atomic mass is 19.1. The van der Waals surface area contributed by atoms with Gasteiger partial charge in [-0.05, 0) is 18.6 Å². The van der Waals surface area contributed by atoms with Gasteiger partial charge in [-0.25, -0.2) is 4.39 Å². The van der Waals surface area contributed by atoms with E-state index in [4.69, 9.17) is 0 Å². The Hall–Kier alpha value is -1.55. The van der Waals surface area contributed by atoms with Gasteiger partial charge in [-0.2, -0.15) is 5.53 Å². The lowest BCUT2D eigenvalue weighted by Gasteiger charge is -2.05. The molecular weight excluding hydrogens is 169 g/mol. The molecule has 1 heterocycles. The molecule has 3 nitrogen and oxygen atoms in total. The van der Waals surface area contributed by atoms with Gasteiger partial charge in [0.15, 0.2) is 0 Å². The number of rotatable bonds is 1. The third-order valence-corrected chi connectivity index (χ3v) is 1.97. The van der Waals surface area contributed by atoms with Crippen LogP contribution in [0.15, 0.2) is 24.4 Å². The minimum absolute atomic E-state index is 0. The average molecular weight is 181 g/mol. The van der Waals surface area contributed by atoms with Gasteiger partial charge >= 0.3 is 0 Å². The van der Waals surface area contributed by atoms with Crippen LogP contribution in [0.5, 0.6) is 0 Å². The van der Waals surface area contributed by atoms with Crippen LogP contribution in [0.3, 0.4) is 0 Å². The smallest absolute Gasteiger partial charge is 0.135 e. The predicted octanol–water partition coefficient (Wildman–Crippen LogP) is 1.29. The molecule has 0 spiro atoms. The van der Waals surface area contributed by atoms with E-state index >= 15 is 0 Å². The Balaban J connectivity index is 0.000000980. The summed E-state index contributed by atoms with van der Waals surface area (Å²) in [4.78, 5) is 0. The highest BCUT2D eigenvalue weighted by molar-refractivity contribution is 5.65. The maximum absolute atomic E-state index is 13.5. The summed E-state index contributed by atoms with van der Waals surface area (Å²) in [5.74, 6) is -0.188. The molecule has 0 bridgehead atoms. The van der Waals surface area contributed by atoms with Crippen molar-refractivity contribution in [2.24, 2.45) is 0 Å². The molecule has 3 N–H and O–H groups in total. The molecule has 4 heteroatoms. The molecule has 0 atom stereocenters. The first-order chi connectivity index (χ1) is 6.29. The predicted molar refractivity (Wildman–Crippen MR) is 50.6 cm³/mol. The Bertz CT molecular complexity index is 365. The Kier molecular flexibility index (Phi) is 1.90. The zero-order valence-corrected chi connectivity index (χ0v) is 7.19. The summed E-state index contributed by atoms with van der Waals surface area (Å²) in [7, 11) is 0. The first kappa shape index (κ1) is 8.07. The van der Waals surface area contributed by atoms with Crippen molar-refractivity contribution in [3.8, 4) is 0 Å². The van der Waals surface area contributed by atoms with E-state index in [0.29, 0.717) is 16.8 Å². The second-order valence-electron chi connectivity index (χ2n) is 2.89. The third-order valence-electron chi connectivity index (χ3n) is 1.97. The lowest BCUT2D eigenvalue weighted by Crippen LogP contribution is -2.31. The summed E-state index contributed by atoms with van der Waals surface area (Å²) < 4.78 is 13.5. The lowest BCUT2D eigenvalue weighted by atomic mass is 10.1. The highest BCUT2D eigenvalue weighted by Crippen LogP contribution is 2.18. The van der Waals surface area contributed by atoms with Crippen molar-refractivity contribution in [3.05, 3.63) is 41.3 Å². The molecule has 1 aromatic carbocycles. The van der Waals surface area contributed by atoms with Gasteiger partial charge in [-0.3, -0.25) is 0 Å². The number of hydrogen-bond donors (Lipinski definition) is 3. The number of halogens is 1. The fourth-order valence-electron chi connectivity index (χ4n) is 1.25. The van der Waals surface area contributed by atoms with E-state index in [0.717, 1.165) is 0 Å². The molecule has 0 unspecified atom stereocenters. The van der Waals surface area contributed by atoms with Crippen LogP contribution < -0.4 is 16.4 Å². The normalized spacial score (nSPS) is 14.8. The molecule has 1 aliphatic rings. The van der Waals surface area contributed by atoms with E-state index in [2.05, 4.69) is 16.4 Å². The Morgan fingerprint density at radius 3 is 2.92 bits per heavy atom. The van der Waals surface area contributed by atoms with E-state index in [1.807, 2.05) is 6.07 Å². The molecule has 0 amide bonds. The van der Waals surface area contributed by atoms with Gasteiger partial charge < -0.3 is 10.9 Å². The van der Waals surface area contributed by atoms with Crippen LogP contribution in [0.1, 0.15) is 12.6 Å². The van der Waals surface area contributed by atoms with E-state index in [1.165, 1.54) is 0 Å². The maximum Gasteiger partial charge on any atom is 0.135 e. The van der Waals surface area contributed by atoms with Crippen molar-refractivity contribution >= 4 is 5.70 Å². The number of hydrogen-bond acceptors (Lipinski definition) is 3. The zero-order valence-electron chi connectivity index (χ0n) is 7.19. The van der Waals surface area contributed by atoms with Gasteiger partial charge in [-0.15, -0.1) is 0 Å². The molecule has 0 saturated carbocycles. The monoisotopic (exact) mass is 181 g/mol. The van der Waals surface area contributed by atoms with Crippen LogP contribution in [0.4, 0.5) is 4.39 Å². The summed E-state index contributed by atoms with van der Waals surface area (Å²) in [5.41, 5.74) is 10.1. The Morgan fingerprint density at radius 1 is 1.38 bits per heavy atom. The largest absolute Gasteiger partial charge is 0.309 e. The summed E-state index contributed by atoms with van der Waals surface area (Å²) in [6.07, 6.45) is 1.68. The molecule has 13 heavy (non-hydrogen) atoms. The summed E-state index contributed by atoms with van der Waals surface area (Å²) in [6, 6.07) is 5.31. The molecule has 0 aromatic heterocycles. The van der Waals surface area contributed by atoms with Crippen molar-refractivity contribution in [1.29, 1.82) is 0 Å². The number of aryl methyl sites for hydroxylation is 1. The molecule has 0 saturated heterocycles. The fraction of sp³-hybridized carbons (Fsp3) is 0.111. The van der Waals surface area contributed by atoms with Crippen molar-refractivity contribution in [3.63, 3.8) is 0 Å². The number of benzene rings is 1. The standard InChI is InChI=1S/C9H10FN3.H2/c1-6-3-2-4-7(9(6)10)8-5-11-13-12-8;/h2-5,11-13H,1H3;1H. The van der Waals surface area contributed by atoms with Crippen molar-refractivity contribution < 1.29 is 5.82 Å². The SMILES string of the molecule is Cc1cccc(C2=CNNN2)c1F.[HH]. The van der Waals surface area contributed by atoms with Crippen molar-refractivity contribution in [1.82, 2.24) is 16.4 Å². The Labute approximate surface area is 77.1 Å². The molecule has 0 aliphatic carbocycles. The fourth-order valence-corrected chi connectivity index (χ4v) is 1.25. The molecule has 2 rings (SSSR count). The Morgan fingerprint density at radius 2 is 2.23 bits per heavy atom. The highest BCUT2D eigenvalue weighted by Gasteiger charge is 2.11. The minimum atomic E-state index is -0.188. The molecule has 70 valence electrons. The maximum atomic E-state index is 13.5. The lowest BCUT2D eigenvalue weighted by molar-refractivity contribution is 0.601. The minimum Gasteiger partial charge on any atom is -0.309 e. The third kappa shape index (κ3) is 1.36. The first-order valence-corrected chi connectivity index (χ1v) is 4.01. The average Bonchev–Trinajstić information content (AvgIpc) is 2.62. The van der Waals surface area contributed by atoms with Gasteiger partial charge in [0.25, 0.3) is 0 Å². The van der Waals surface area contributed by atoms with Crippen LogP contribution >= 0.6 is 0 Å². The zero-order chi connectivity index (χ0) is 9.26. The molecule has 0 fully saturated rings. The van der Waals surface area contributed by atoms with E-state index < -0.39 is 0 Å². The second kappa shape index (κ2) is 3.06. The van der Waals surface area contributed by atoms with Crippen LogP contribution in [0, 0.1) is 12.7 Å². The molecule has 0 radical (unpaired) electrons. The quantitative estimate of drug-likeness (QED) is 0.611. The molecule has 1 aliphatic heterocycles. The first-order valence-electron chi connectivity index (χ1n) is 4.01. The van der Waals surface area contributed by atoms with Crippen LogP contribution in [-0.4, -0.2) is 0 Å².